The molecule has 158 valence electrons. The lowest BCUT2D eigenvalue weighted by Crippen LogP contribution is -2.31. The predicted molar refractivity (Wildman–Crippen MR) is 113 cm³/mol. The summed E-state index contributed by atoms with van der Waals surface area (Å²) in [6.45, 7) is 3.70. The van der Waals surface area contributed by atoms with Gasteiger partial charge in [-0.15, -0.1) is 0 Å². The minimum atomic E-state index is -0.771. The number of benzene rings is 1. The average molecular weight is 418 g/mol. The van der Waals surface area contributed by atoms with E-state index >= 15 is 0 Å². The molecule has 1 unspecified atom stereocenters. The first-order chi connectivity index (χ1) is 15.0. The van der Waals surface area contributed by atoms with Gasteiger partial charge in [0.15, 0.2) is 0 Å². The van der Waals surface area contributed by atoms with E-state index in [-0.39, 0.29) is 24.2 Å². The molecule has 1 atom stereocenters. The van der Waals surface area contributed by atoms with Crippen LogP contribution in [0.3, 0.4) is 0 Å². The second-order valence-corrected chi connectivity index (χ2v) is 7.01. The molecule has 0 bridgehead atoms. The van der Waals surface area contributed by atoms with Crippen LogP contribution < -0.4 is 15.6 Å². The van der Waals surface area contributed by atoms with Gasteiger partial charge in [-0.3, -0.25) is 4.79 Å². The number of hydrogen-bond donors (Lipinski definition) is 2. The number of nitriles is 2. The van der Waals surface area contributed by atoms with Crippen LogP contribution in [-0.4, -0.2) is 24.7 Å². The minimum Gasteiger partial charge on any atom is -0.496 e. The fourth-order valence-electron chi connectivity index (χ4n) is 3.75. The number of aryl methyl sites for hydroxylation is 1. The predicted octanol–water partition coefficient (Wildman–Crippen LogP) is 3.24. The van der Waals surface area contributed by atoms with E-state index in [0.717, 1.165) is 5.56 Å². The van der Waals surface area contributed by atoms with Crippen molar-refractivity contribution in [2.45, 2.75) is 32.6 Å². The molecule has 0 amide bonds. The highest BCUT2D eigenvalue weighted by Gasteiger charge is 2.38. The molecule has 2 heterocycles. The van der Waals surface area contributed by atoms with Crippen LogP contribution in [0.15, 0.2) is 40.5 Å². The Morgan fingerprint density at radius 1 is 1.29 bits per heavy atom. The fraction of sp³-hybridized carbons (Fsp3) is 0.304. The van der Waals surface area contributed by atoms with Gasteiger partial charge in [0.1, 0.15) is 12.4 Å². The van der Waals surface area contributed by atoms with Gasteiger partial charge in [0.2, 0.25) is 0 Å². The van der Waals surface area contributed by atoms with Crippen LogP contribution in [0.5, 0.6) is 5.75 Å². The topological polar surface area (TPSA) is 128 Å². The van der Waals surface area contributed by atoms with Crippen LogP contribution in [0.2, 0.25) is 0 Å². The van der Waals surface area contributed by atoms with Crippen LogP contribution in [-0.2, 0) is 9.53 Å². The van der Waals surface area contributed by atoms with Gasteiger partial charge in [-0.2, -0.15) is 10.5 Å². The van der Waals surface area contributed by atoms with Crippen LogP contribution >= 0.6 is 0 Å². The zero-order valence-electron chi connectivity index (χ0n) is 17.5. The maximum absolute atomic E-state index is 13.1. The number of carbonyl (C=O) groups is 1. The van der Waals surface area contributed by atoms with E-state index in [9.17, 15) is 14.9 Å². The number of aromatic amines is 1. The SMILES string of the molecule is CCC1=C(C(=O)OCCC#N)C(c2ccc(C#N)cc2OC)c2c(c(C)c[nH]c2=O)N1. The molecule has 1 aliphatic rings. The summed E-state index contributed by atoms with van der Waals surface area (Å²) >= 11 is 0. The molecule has 2 N–H and O–H groups in total. The third kappa shape index (κ3) is 4.01. The zero-order valence-corrected chi connectivity index (χ0v) is 17.5. The molecule has 1 aromatic carbocycles. The maximum Gasteiger partial charge on any atom is 0.336 e. The second-order valence-electron chi connectivity index (χ2n) is 7.01. The van der Waals surface area contributed by atoms with Crippen molar-refractivity contribution in [3.05, 3.63) is 68.3 Å². The third-order valence-corrected chi connectivity index (χ3v) is 5.20. The van der Waals surface area contributed by atoms with E-state index in [1.165, 1.54) is 7.11 Å². The summed E-state index contributed by atoms with van der Waals surface area (Å²) in [7, 11) is 1.47. The fourth-order valence-corrected chi connectivity index (χ4v) is 3.75. The van der Waals surface area contributed by atoms with Crippen LogP contribution in [0.25, 0.3) is 0 Å². The smallest absolute Gasteiger partial charge is 0.336 e. The summed E-state index contributed by atoms with van der Waals surface area (Å²) in [5.74, 6) is -0.995. The number of hydrogen-bond acceptors (Lipinski definition) is 7. The standard InChI is InChI=1S/C23H22N4O4/c1-4-16-19(23(29)31-9-5-8-24)18(15-7-6-14(11-25)10-17(15)30-3)20-21(27-16)13(2)12-26-22(20)28/h6-7,10,12,18,27H,4-5,9H2,1-3H3,(H,26,28). The molecular weight excluding hydrogens is 396 g/mol. The number of fused-ring (bicyclic) bond motifs is 1. The molecule has 8 heteroatoms. The Morgan fingerprint density at radius 2 is 2.06 bits per heavy atom. The molecule has 0 radical (unpaired) electrons. The van der Waals surface area contributed by atoms with Crippen molar-refractivity contribution in [1.82, 2.24) is 4.98 Å². The van der Waals surface area contributed by atoms with Gasteiger partial charge in [0.05, 0.1) is 54.0 Å². The Labute approximate surface area is 179 Å². The normalized spacial score (nSPS) is 14.7. The second kappa shape index (κ2) is 9.19. The Kier molecular flexibility index (Phi) is 6.42. The van der Waals surface area contributed by atoms with Crippen molar-refractivity contribution in [2.24, 2.45) is 0 Å². The van der Waals surface area contributed by atoms with Crippen LogP contribution in [0, 0.1) is 29.6 Å². The number of pyridine rings is 1. The molecule has 8 nitrogen and oxygen atoms in total. The van der Waals surface area contributed by atoms with Gasteiger partial charge in [0.25, 0.3) is 5.56 Å². The molecule has 31 heavy (non-hydrogen) atoms. The summed E-state index contributed by atoms with van der Waals surface area (Å²) in [4.78, 5) is 28.8. The number of H-pyrrole nitrogens is 1. The van der Waals surface area contributed by atoms with Crippen LogP contribution in [0.4, 0.5) is 5.69 Å². The highest BCUT2D eigenvalue weighted by molar-refractivity contribution is 5.95. The highest BCUT2D eigenvalue weighted by Crippen LogP contribution is 2.45. The summed E-state index contributed by atoms with van der Waals surface area (Å²) in [5.41, 5.74) is 3.34. The molecule has 0 spiro atoms. The monoisotopic (exact) mass is 418 g/mol. The first kappa shape index (κ1) is 21.7. The van der Waals surface area contributed by atoms with Crippen molar-refractivity contribution >= 4 is 11.7 Å². The van der Waals surface area contributed by atoms with Crippen molar-refractivity contribution in [3.63, 3.8) is 0 Å². The number of esters is 1. The Balaban J connectivity index is 2.30. The molecule has 0 fully saturated rings. The number of rotatable bonds is 6. The van der Waals surface area contributed by atoms with Gasteiger partial charge in [0, 0.05) is 17.5 Å². The molecule has 2 aromatic rings. The quantitative estimate of drug-likeness (QED) is 0.544. The number of methoxy groups -OCH3 is 1. The molecule has 3 rings (SSSR count). The van der Waals surface area contributed by atoms with Crippen molar-refractivity contribution in [3.8, 4) is 17.9 Å². The number of allylic oxidation sites excluding steroid dienone is 1. The van der Waals surface area contributed by atoms with Gasteiger partial charge in [-0.25, -0.2) is 4.79 Å². The third-order valence-electron chi connectivity index (χ3n) is 5.20. The number of ether oxygens (including phenoxy) is 2. The van der Waals surface area contributed by atoms with E-state index in [4.69, 9.17) is 14.7 Å². The van der Waals surface area contributed by atoms with Crippen molar-refractivity contribution in [1.29, 1.82) is 10.5 Å². The van der Waals surface area contributed by atoms with Crippen LogP contribution in [0.1, 0.15) is 47.9 Å². The molecule has 1 aromatic heterocycles. The Bertz CT molecular complexity index is 1200. The van der Waals surface area contributed by atoms with Crippen molar-refractivity contribution < 1.29 is 14.3 Å². The van der Waals surface area contributed by atoms with E-state index in [0.29, 0.717) is 40.2 Å². The Morgan fingerprint density at radius 3 is 2.71 bits per heavy atom. The Hall–Kier alpha value is -4.04. The van der Waals surface area contributed by atoms with Crippen molar-refractivity contribution in [2.75, 3.05) is 19.0 Å². The molecular formula is C23H22N4O4. The number of aromatic nitrogens is 1. The maximum atomic E-state index is 13.1. The summed E-state index contributed by atoms with van der Waals surface area (Å²) in [6.07, 6.45) is 2.17. The molecule has 0 aliphatic carbocycles. The van der Waals surface area contributed by atoms with E-state index < -0.39 is 11.9 Å². The van der Waals surface area contributed by atoms with Gasteiger partial charge in [-0.1, -0.05) is 13.0 Å². The zero-order chi connectivity index (χ0) is 22.5. The average Bonchev–Trinajstić information content (AvgIpc) is 2.79. The lowest BCUT2D eigenvalue weighted by molar-refractivity contribution is -0.139. The molecule has 0 saturated heterocycles. The van der Waals surface area contributed by atoms with E-state index in [1.807, 2.05) is 19.9 Å². The minimum absolute atomic E-state index is 0.0515. The highest BCUT2D eigenvalue weighted by atomic mass is 16.5. The number of carbonyl (C=O) groups excluding carboxylic acids is 1. The number of nitrogens with zero attached hydrogens (tertiary/aromatic N) is 2. The number of nitrogens with one attached hydrogen (secondary N) is 2. The number of anilines is 1. The first-order valence-corrected chi connectivity index (χ1v) is 9.81. The van der Waals surface area contributed by atoms with E-state index in [1.54, 1.807) is 24.4 Å². The van der Waals surface area contributed by atoms with Gasteiger partial charge >= 0.3 is 5.97 Å². The lowest BCUT2D eigenvalue weighted by atomic mass is 9.79. The first-order valence-electron chi connectivity index (χ1n) is 9.81. The van der Waals surface area contributed by atoms with Gasteiger partial charge in [-0.05, 0) is 31.0 Å². The summed E-state index contributed by atoms with van der Waals surface area (Å²) in [6, 6.07) is 8.89. The van der Waals surface area contributed by atoms with Gasteiger partial charge < -0.3 is 19.8 Å². The largest absolute Gasteiger partial charge is 0.496 e. The van der Waals surface area contributed by atoms with E-state index in [2.05, 4.69) is 16.4 Å². The summed E-state index contributed by atoms with van der Waals surface area (Å²) < 4.78 is 10.9. The molecule has 0 saturated carbocycles. The molecule has 1 aliphatic heterocycles. The lowest BCUT2D eigenvalue weighted by Gasteiger charge is -2.31. The summed E-state index contributed by atoms with van der Waals surface area (Å²) in [5, 5.41) is 21.3.